The summed E-state index contributed by atoms with van der Waals surface area (Å²) < 4.78 is 0. The van der Waals surface area contributed by atoms with Crippen LogP contribution in [0.25, 0.3) is 6.08 Å². The molecule has 3 nitrogen and oxygen atoms in total. The van der Waals surface area contributed by atoms with E-state index in [1.165, 1.54) is 11.1 Å². The van der Waals surface area contributed by atoms with Gasteiger partial charge in [-0.05, 0) is 18.4 Å². The lowest BCUT2D eigenvalue weighted by Crippen LogP contribution is -2.24. The summed E-state index contributed by atoms with van der Waals surface area (Å²) in [6.07, 6.45) is 3.15. The Balaban J connectivity index is 2.04. The van der Waals surface area contributed by atoms with Crippen LogP contribution in [0.3, 0.4) is 0 Å². The van der Waals surface area contributed by atoms with E-state index >= 15 is 0 Å². The van der Waals surface area contributed by atoms with Crippen molar-refractivity contribution in [3.63, 3.8) is 0 Å². The molecule has 1 aliphatic rings. The number of benzene rings is 1. The molecule has 3 heteroatoms. The van der Waals surface area contributed by atoms with E-state index in [0.717, 1.165) is 12.8 Å². The maximum absolute atomic E-state index is 10.5. The van der Waals surface area contributed by atoms with Crippen molar-refractivity contribution in [1.29, 1.82) is 0 Å². The molecule has 0 saturated heterocycles. The molecule has 17 heavy (non-hydrogen) atoms. The summed E-state index contributed by atoms with van der Waals surface area (Å²) in [5.41, 5.74) is 2.51. The lowest BCUT2D eigenvalue weighted by atomic mass is 10.0. The number of carbonyl (C=O) groups is 1. The van der Waals surface area contributed by atoms with Crippen LogP contribution in [0.15, 0.2) is 35.9 Å². The maximum Gasteiger partial charge on any atom is 0.404 e. The zero-order valence-corrected chi connectivity index (χ0v) is 9.89. The van der Waals surface area contributed by atoms with Gasteiger partial charge in [0.15, 0.2) is 0 Å². The van der Waals surface area contributed by atoms with Crippen LogP contribution >= 0.6 is 0 Å². The summed E-state index contributed by atoms with van der Waals surface area (Å²) in [5.74, 6) is 0.385. The second-order valence-electron chi connectivity index (χ2n) is 4.38. The van der Waals surface area contributed by atoms with E-state index in [1.807, 2.05) is 18.2 Å². The van der Waals surface area contributed by atoms with Gasteiger partial charge < -0.3 is 10.4 Å². The van der Waals surface area contributed by atoms with Crippen LogP contribution in [-0.4, -0.2) is 17.2 Å². The van der Waals surface area contributed by atoms with Crippen LogP contribution in [0.5, 0.6) is 0 Å². The van der Waals surface area contributed by atoms with Crippen LogP contribution in [0.4, 0.5) is 4.79 Å². The maximum atomic E-state index is 10.5. The van der Waals surface area contributed by atoms with E-state index in [1.54, 1.807) is 0 Å². The molecule has 0 bridgehead atoms. The SMILES string of the molecule is CC/C(=C\c1ccccc1)[C@@H]1C[C@H]1NC(=O)O. The first-order valence-electron chi connectivity index (χ1n) is 5.95. The Morgan fingerprint density at radius 2 is 2.18 bits per heavy atom. The van der Waals surface area contributed by atoms with Crippen molar-refractivity contribution in [3.05, 3.63) is 41.5 Å². The molecule has 2 N–H and O–H groups in total. The second kappa shape index (κ2) is 5.04. The lowest BCUT2D eigenvalue weighted by molar-refractivity contribution is 0.193. The average Bonchev–Trinajstić information content (AvgIpc) is 3.05. The third kappa shape index (κ3) is 3.09. The number of nitrogens with one attached hydrogen (secondary N) is 1. The largest absolute Gasteiger partial charge is 0.465 e. The quantitative estimate of drug-likeness (QED) is 0.836. The minimum Gasteiger partial charge on any atom is -0.465 e. The molecule has 1 aromatic rings. The van der Waals surface area contributed by atoms with Crippen LogP contribution < -0.4 is 5.32 Å². The first-order chi connectivity index (χ1) is 8.20. The van der Waals surface area contributed by atoms with Crippen LogP contribution in [0.1, 0.15) is 25.3 Å². The molecule has 0 radical (unpaired) electrons. The molecule has 0 aliphatic heterocycles. The first kappa shape index (κ1) is 11.7. The molecule has 0 aromatic heterocycles. The summed E-state index contributed by atoms with van der Waals surface area (Å²) in [5, 5.41) is 11.2. The van der Waals surface area contributed by atoms with Crippen LogP contribution in [0.2, 0.25) is 0 Å². The Kier molecular flexibility index (Phi) is 3.47. The van der Waals surface area contributed by atoms with Gasteiger partial charge in [-0.1, -0.05) is 48.9 Å². The van der Waals surface area contributed by atoms with Gasteiger partial charge in [-0.15, -0.1) is 0 Å². The van der Waals surface area contributed by atoms with Gasteiger partial charge in [0.05, 0.1) is 0 Å². The predicted octanol–water partition coefficient (Wildman–Crippen LogP) is 3.14. The van der Waals surface area contributed by atoms with Crippen molar-refractivity contribution in [3.8, 4) is 0 Å². The van der Waals surface area contributed by atoms with E-state index in [9.17, 15) is 4.79 Å². The van der Waals surface area contributed by atoms with Gasteiger partial charge >= 0.3 is 6.09 Å². The fourth-order valence-corrected chi connectivity index (χ4v) is 2.16. The summed E-state index contributed by atoms with van der Waals surface area (Å²) in [6, 6.07) is 10.3. The zero-order chi connectivity index (χ0) is 12.3. The minimum absolute atomic E-state index is 0.113. The summed E-state index contributed by atoms with van der Waals surface area (Å²) in [4.78, 5) is 10.5. The van der Waals surface area contributed by atoms with Gasteiger partial charge in [0.2, 0.25) is 0 Å². The highest BCUT2D eigenvalue weighted by atomic mass is 16.4. The summed E-state index contributed by atoms with van der Waals surface area (Å²) in [7, 11) is 0. The monoisotopic (exact) mass is 231 g/mol. The number of carboxylic acid groups (broad SMARTS) is 1. The molecular formula is C14H17NO2. The topological polar surface area (TPSA) is 49.3 Å². The molecule has 90 valence electrons. The zero-order valence-electron chi connectivity index (χ0n) is 9.89. The standard InChI is InChI=1S/C14H17NO2/c1-2-11(8-10-6-4-3-5-7-10)12-9-13(12)15-14(16)17/h3-8,12-13,15H,2,9H2,1H3,(H,16,17)/b11-8+/t12-,13+/m0/s1. The molecule has 1 amide bonds. The van der Waals surface area contributed by atoms with Gasteiger partial charge in [-0.3, -0.25) is 0 Å². The third-order valence-corrected chi connectivity index (χ3v) is 3.14. The van der Waals surface area contributed by atoms with Crippen molar-refractivity contribution < 1.29 is 9.90 Å². The smallest absolute Gasteiger partial charge is 0.404 e. The molecule has 0 unspecified atom stereocenters. The van der Waals surface area contributed by atoms with E-state index in [0.29, 0.717) is 5.92 Å². The van der Waals surface area contributed by atoms with E-state index < -0.39 is 6.09 Å². The molecule has 2 atom stereocenters. The highest BCUT2D eigenvalue weighted by molar-refractivity contribution is 5.66. The van der Waals surface area contributed by atoms with Crippen LogP contribution in [0, 0.1) is 5.92 Å². The molecule has 0 heterocycles. The number of amides is 1. The Hall–Kier alpha value is -1.77. The van der Waals surface area contributed by atoms with Gasteiger partial charge in [-0.25, -0.2) is 4.79 Å². The summed E-state index contributed by atoms with van der Waals surface area (Å²) in [6.45, 7) is 2.12. The second-order valence-corrected chi connectivity index (χ2v) is 4.38. The molecule has 1 fully saturated rings. The van der Waals surface area contributed by atoms with E-state index in [4.69, 9.17) is 5.11 Å². The van der Waals surface area contributed by atoms with Gasteiger partial charge in [0.1, 0.15) is 0 Å². The number of rotatable bonds is 4. The number of hydrogen-bond acceptors (Lipinski definition) is 1. The molecule has 0 spiro atoms. The molecule has 1 saturated carbocycles. The van der Waals surface area contributed by atoms with Gasteiger partial charge in [-0.2, -0.15) is 0 Å². The van der Waals surface area contributed by atoms with Crippen molar-refractivity contribution in [1.82, 2.24) is 5.32 Å². The normalized spacial score (nSPS) is 23.2. The van der Waals surface area contributed by atoms with E-state index in [-0.39, 0.29) is 6.04 Å². The van der Waals surface area contributed by atoms with Crippen LogP contribution in [-0.2, 0) is 0 Å². The Morgan fingerprint density at radius 3 is 2.76 bits per heavy atom. The third-order valence-electron chi connectivity index (χ3n) is 3.14. The number of hydrogen-bond donors (Lipinski definition) is 2. The Bertz CT molecular complexity index is 425. The first-order valence-corrected chi connectivity index (χ1v) is 5.95. The van der Waals surface area contributed by atoms with E-state index in [2.05, 4.69) is 30.4 Å². The predicted molar refractivity (Wildman–Crippen MR) is 67.8 cm³/mol. The molecule has 2 rings (SSSR count). The van der Waals surface area contributed by atoms with Crippen molar-refractivity contribution >= 4 is 12.2 Å². The highest BCUT2D eigenvalue weighted by Crippen LogP contribution is 2.39. The fourth-order valence-electron chi connectivity index (χ4n) is 2.16. The Labute approximate surface area is 101 Å². The van der Waals surface area contributed by atoms with Crippen molar-refractivity contribution in [2.45, 2.75) is 25.8 Å². The van der Waals surface area contributed by atoms with Gasteiger partial charge in [0.25, 0.3) is 0 Å². The minimum atomic E-state index is -0.923. The fraction of sp³-hybridized carbons (Fsp3) is 0.357. The summed E-state index contributed by atoms with van der Waals surface area (Å²) >= 11 is 0. The highest BCUT2D eigenvalue weighted by Gasteiger charge is 2.40. The van der Waals surface area contributed by atoms with Crippen molar-refractivity contribution in [2.24, 2.45) is 5.92 Å². The Morgan fingerprint density at radius 1 is 1.47 bits per heavy atom. The molecule has 1 aromatic carbocycles. The molecular weight excluding hydrogens is 214 g/mol. The van der Waals surface area contributed by atoms with Gasteiger partial charge in [0, 0.05) is 12.0 Å². The molecule has 1 aliphatic carbocycles. The van der Waals surface area contributed by atoms with Crippen molar-refractivity contribution in [2.75, 3.05) is 0 Å². The lowest BCUT2D eigenvalue weighted by Gasteiger charge is -2.04. The average molecular weight is 231 g/mol.